The minimum Gasteiger partial charge on any atom is -0.381 e. The molecule has 1 aromatic rings. The van der Waals surface area contributed by atoms with E-state index >= 15 is 0 Å². The highest BCUT2D eigenvalue weighted by Crippen LogP contribution is 2.21. The molecule has 3 rings (SSSR count). The molecule has 2 aliphatic rings. The number of amides is 3. The second-order valence-electron chi connectivity index (χ2n) is 6.53. The number of hydrogen-bond acceptors (Lipinski definition) is 5. The first-order chi connectivity index (χ1) is 12.4. The Labute approximate surface area is 152 Å². The molecule has 1 fully saturated rings. The number of aliphatic imine (C=N–C) groups is 1. The second-order valence-corrected chi connectivity index (χ2v) is 6.53. The summed E-state index contributed by atoms with van der Waals surface area (Å²) in [4.78, 5) is 33.0. The van der Waals surface area contributed by atoms with Crippen LogP contribution in [0.2, 0.25) is 0 Å². The molecule has 9 nitrogen and oxygen atoms in total. The first-order valence-electron chi connectivity index (χ1n) is 8.74. The average molecular weight is 361 g/mol. The number of hydrogen-bond donors (Lipinski definition) is 0. The monoisotopic (exact) mass is 361 g/mol. The zero-order valence-electron chi connectivity index (χ0n) is 15.9. The number of nitrogens with zero attached hydrogens (tertiary/aromatic N) is 6. The summed E-state index contributed by atoms with van der Waals surface area (Å²) in [5.74, 6) is 0.728. The minimum absolute atomic E-state index is 0.249. The van der Waals surface area contributed by atoms with Crippen LogP contribution in [0.25, 0.3) is 0 Å². The third-order valence-corrected chi connectivity index (χ3v) is 4.57. The van der Waals surface area contributed by atoms with Crippen molar-refractivity contribution < 1.29 is 18.9 Å². The molecule has 9 heteroatoms. The molecular formula is C17H25N6O3+. The molecule has 26 heavy (non-hydrogen) atoms. The summed E-state index contributed by atoms with van der Waals surface area (Å²) >= 11 is 0. The van der Waals surface area contributed by atoms with Crippen molar-refractivity contribution in [3.8, 4) is 0 Å². The number of ether oxygens (including phenoxy) is 1. The van der Waals surface area contributed by atoms with E-state index in [0.29, 0.717) is 37.9 Å². The summed E-state index contributed by atoms with van der Waals surface area (Å²) in [5.41, 5.74) is 1.77. The zero-order valence-corrected chi connectivity index (χ0v) is 15.9. The standard InChI is InChI=1S/C17H25N6O3/c1-6-7-22-15(24)13-14(20(4)17(22)25)18-16(21(13)8-9-26-5)23-12(3)10-11(2)19-23/h10,13H,6-9H2,1-5H3/q+1. The van der Waals surface area contributed by atoms with Crippen LogP contribution < -0.4 is 0 Å². The van der Waals surface area contributed by atoms with Gasteiger partial charge in [-0.2, -0.15) is 0 Å². The van der Waals surface area contributed by atoms with Gasteiger partial charge in [0, 0.05) is 20.7 Å². The number of carbonyl (C=O) groups excluding carboxylic acids is 2. The summed E-state index contributed by atoms with van der Waals surface area (Å²) in [6.45, 7) is 7.07. The van der Waals surface area contributed by atoms with Crippen molar-refractivity contribution in [3.63, 3.8) is 0 Å². The van der Waals surface area contributed by atoms with Crippen LogP contribution in [-0.2, 0) is 9.53 Å². The quantitative estimate of drug-likeness (QED) is 0.713. The molecule has 2 aliphatic heterocycles. The molecule has 1 unspecified atom stereocenters. The number of rotatable bonds is 5. The molecule has 1 atom stereocenters. The van der Waals surface area contributed by atoms with Gasteiger partial charge in [-0.05, 0) is 26.3 Å². The summed E-state index contributed by atoms with van der Waals surface area (Å²) in [5, 5.41) is 4.49. The van der Waals surface area contributed by atoms with Gasteiger partial charge >= 0.3 is 12.0 Å². The second kappa shape index (κ2) is 6.99. The third-order valence-electron chi connectivity index (χ3n) is 4.57. The lowest BCUT2D eigenvalue weighted by molar-refractivity contribution is -0.539. The van der Waals surface area contributed by atoms with Gasteiger partial charge in [0.25, 0.3) is 5.91 Å². The fourth-order valence-electron chi connectivity index (χ4n) is 3.35. The zero-order chi connectivity index (χ0) is 19.0. The summed E-state index contributed by atoms with van der Waals surface area (Å²) in [6.07, 6.45) is 0.705. The Balaban J connectivity index is 2.11. The lowest BCUT2D eigenvalue weighted by atomic mass is 10.1. The molecule has 0 aromatic carbocycles. The van der Waals surface area contributed by atoms with Crippen LogP contribution in [0.4, 0.5) is 4.79 Å². The van der Waals surface area contributed by atoms with Crippen LogP contribution in [0.3, 0.4) is 0 Å². The number of amidine groups is 1. The van der Waals surface area contributed by atoms with Crippen molar-refractivity contribution in [3.05, 3.63) is 17.5 Å². The van der Waals surface area contributed by atoms with Gasteiger partial charge < -0.3 is 4.74 Å². The highest BCUT2D eigenvalue weighted by molar-refractivity contribution is 6.22. The lowest BCUT2D eigenvalue weighted by Gasteiger charge is -2.33. The van der Waals surface area contributed by atoms with Crippen molar-refractivity contribution in [2.75, 3.05) is 33.9 Å². The first kappa shape index (κ1) is 18.2. The molecule has 0 bridgehead atoms. The van der Waals surface area contributed by atoms with Crippen molar-refractivity contribution in [2.24, 2.45) is 4.99 Å². The average Bonchev–Trinajstić information content (AvgIpc) is 3.14. The molecule has 140 valence electrons. The number of urea groups is 1. The molecule has 0 saturated carbocycles. The van der Waals surface area contributed by atoms with Crippen molar-refractivity contribution in [2.45, 2.75) is 33.2 Å². The molecule has 0 radical (unpaired) electrons. The molecular weight excluding hydrogens is 336 g/mol. The number of imide groups is 1. The predicted octanol–water partition coefficient (Wildman–Crippen LogP) is 0.448. The lowest BCUT2D eigenvalue weighted by Crippen LogP contribution is -2.63. The Hall–Kier alpha value is -2.55. The van der Waals surface area contributed by atoms with Gasteiger partial charge in [-0.25, -0.2) is 9.37 Å². The molecule has 0 N–H and O–H groups in total. The van der Waals surface area contributed by atoms with Gasteiger partial charge in [-0.15, -0.1) is 9.78 Å². The van der Waals surface area contributed by atoms with E-state index in [-0.39, 0.29) is 11.9 Å². The molecule has 3 heterocycles. The number of fused-ring (bicyclic) bond motifs is 1. The fourth-order valence-corrected chi connectivity index (χ4v) is 3.35. The highest BCUT2D eigenvalue weighted by Gasteiger charge is 2.52. The van der Waals surface area contributed by atoms with Crippen LogP contribution in [0.1, 0.15) is 24.7 Å². The Kier molecular flexibility index (Phi) is 4.90. The van der Waals surface area contributed by atoms with Crippen LogP contribution in [0, 0.1) is 13.8 Å². The number of aryl methyl sites for hydroxylation is 2. The largest absolute Gasteiger partial charge is 0.421 e. The smallest absolute Gasteiger partial charge is 0.381 e. The molecule has 1 aromatic heterocycles. The summed E-state index contributed by atoms with van der Waals surface area (Å²) in [7, 11) is 3.27. The van der Waals surface area contributed by atoms with E-state index < -0.39 is 6.04 Å². The molecule has 3 amide bonds. The number of methoxy groups -OCH3 is 1. The topological polar surface area (TPSA) is 83.0 Å². The van der Waals surface area contributed by atoms with E-state index in [1.807, 2.05) is 31.4 Å². The normalized spacial score (nSPS) is 20.2. The Morgan fingerprint density at radius 1 is 1.31 bits per heavy atom. The van der Waals surface area contributed by atoms with E-state index in [0.717, 1.165) is 11.4 Å². The van der Waals surface area contributed by atoms with Gasteiger partial charge in [-0.1, -0.05) is 11.9 Å². The van der Waals surface area contributed by atoms with E-state index in [1.165, 1.54) is 9.80 Å². The number of likely N-dealkylation sites (N-methyl/N-ethyl adjacent to an activating group) is 1. The third kappa shape index (κ3) is 2.82. The molecule has 1 saturated heterocycles. The van der Waals surface area contributed by atoms with E-state index in [2.05, 4.69) is 10.1 Å². The first-order valence-corrected chi connectivity index (χ1v) is 8.74. The highest BCUT2D eigenvalue weighted by atomic mass is 16.5. The maximum absolute atomic E-state index is 13.1. The van der Waals surface area contributed by atoms with Crippen LogP contribution >= 0.6 is 0 Å². The summed E-state index contributed by atoms with van der Waals surface area (Å²) in [6, 6.07) is 0.968. The van der Waals surface area contributed by atoms with Gasteiger partial charge in [0.15, 0.2) is 0 Å². The van der Waals surface area contributed by atoms with E-state index in [9.17, 15) is 9.59 Å². The van der Waals surface area contributed by atoms with Crippen LogP contribution in [0.5, 0.6) is 0 Å². The Bertz CT molecular complexity index is 809. The van der Waals surface area contributed by atoms with Crippen molar-refractivity contribution in [1.29, 1.82) is 0 Å². The predicted molar refractivity (Wildman–Crippen MR) is 95.5 cm³/mol. The van der Waals surface area contributed by atoms with Crippen molar-refractivity contribution in [1.82, 2.24) is 19.6 Å². The number of aromatic nitrogens is 2. The van der Waals surface area contributed by atoms with Crippen LogP contribution in [0.15, 0.2) is 11.1 Å². The van der Waals surface area contributed by atoms with Gasteiger partial charge in [0.1, 0.15) is 5.69 Å². The van der Waals surface area contributed by atoms with E-state index in [1.54, 1.807) is 18.8 Å². The minimum atomic E-state index is -0.640. The molecule has 0 aliphatic carbocycles. The van der Waals surface area contributed by atoms with E-state index in [4.69, 9.17) is 4.74 Å². The van der Waals surface area contributed by atoms with Crippen molar-refractivity contribution >= 4 is 23.7 Å². The van der Waals surface area contributed by atoms with Gasteiger partial charge in [0.05, 0.1) is 18.8 Å². The maximum Gasteiger partial charge on any atom is 0.421 e. The maximum atomic E-state index is 13.1. The van der Waals surface area contributed by atoms with Gasteiger partial charge in [0.2, 0.25) is 11.9 Å². The number of carbonyl (C=O) groups is 2. The SMILES string of the molecule is CCCN1C(=O)C2C(=NC(n3nc(C)cc3C)=[N+]2CCOC)N(C)C1=O. The fraction of sp³-hybridized carbons (Fsp3) is 0.588. The van der Waals surface area contributed by atoms with Gasteiger partial charge in [-0.3, -0.25) is 14.6 Å². The molecule has 0 spiro atoms. The Morgan fingerprint density at radius 2 is 2.04 bits per heavy atom. The summed E-state index contributed by atoms with van der Waals surface area (Å²) < 4.78 is 8.80. The Morgan fingerprint density at radius 3 is 2.62 bits per heavy atom. The van der Waals surface area contributed by atoms with Crippen LogP contribution in [-0.4, -0.2) is 87.8 Å².